The molecule has 0 bridgehead atoms. The molecule has 0 spiro atoms. The van der Waals surface area contributed by atoms with E-state index in [-0.39, 0.29) is 12.3 Å². The smallest absolute Gasteiger partial charge is 0.259 e. The van der Waals surface area contributed by atoms with Gasteiger partial charge < -0.3 is 0 Å². The molecular formula is C10H5F6NO2. The molecule has 0 aromatic heterocycles. The van der Waals surface area contributed by atoms with Gasteiger partial charge in [0.25, 0.3) is 0 Å². The predicted molar refractivity (Wildman–Crippen MR) is 52.5 cm³/mol. The molecule has 0 N–H and O–H groups in total. The van der Waals surface area contributed by atoms with Gasteiger partial charge in [0.15, 0.2) is 0 Å². The summed E-state index contributed by atoms with van der Waals surface area (Å²) >= 11 is 0. The van der Waals surface area contributed by atoms with E-state index in [1.54, 1.807) is 0 Å². The van der Waals surface area contributed by atoms with Gasteiger partial charge in [-0.25, -0.2) is 0 Å². The summed E-state index contributed by atoms with van der Waals surface area (Å²) in [7, 11) is 0. The lowest BCUT2D eigenvalue weighted by Crippen LogP contribution is -2.13. The first-order chi connectivity index (χ1) is 8.51. The van der Waals surface area contributed by atoms with Crippen LogP contribution >= 0.6 is 0 Å². The van der Waals surface area contributed by atoms with Crippen LogP contribution in [0.1, 0.15) is 11.1 Å². The van der Waals surface area contributed by atoms with Crippen molar-refractivity contribution in [3.05, 3.63) is 51.7 Å². The molecule has 1 rings (SSSR count). The molecule has 0 amide bonds. The zero-order valence-electron chi connectivity index (χ0n) is 8.92. The van der Waals surface area contributed by atoms with Crippen molar-refractivity contribution in [2.45, 2.75) is 12.4 Å². The van der Waals surface area contributed by atoms with Crippen LogP contribution in [0.5, 0.6) is 0 Å². The summed E-state index contributed by atoms with van der Waals surface area (Å²) in [5, 5.41) is 10.1. The molecule has 19 heavy (non-hydrogen) atoms. The fraction of sp³-hybridized carbons (Fsp3) is 0.200. The Bertz CT molecular complexity index is 517. The molecule has 104 valence electrons. The Morgan fingerprint density at radius 2 is 1.74 bits per heavy atom. The minimum absolute atomic E-state index is 0.211. The number of nitrogens with zero attached hydrogens (tertiary/aromatic N) is 1. The van der Waals surface area contributed by atoms with Gasteiger partial charge in [-0.2, -0.15) is 26.3 Å². The van der Waals surface area contributed by atoms with Gasteiger partial charge in [-0.05, 0) is 17.7 Å². The van der Waals surface area contributed by atoms with Crippen LogP contribution in [0.25, 0.3) is 5.57 Å². The van der Waals surface area contributed by atoms with E-state index in [0.717, 1.165) is 12.1 Å². The van der Waals surface area contributed by atoms with Crippen LogP contribution in [0.2, 0.25) is 0 Å². The van der Waals surface area contributed by atoms with Crippen LogP contribution in [0, 0.1) is 10.1 Å². The van der Waals surface area contributed by atoms with E-state index < -0.39 is 34.0 Å². The highest BCUT2D eigenvalue weighted by Gasteiger charge is 2.39. The van der Waals surface area contributed by atoms with Crippen LogP contribution in [0.15, 0.2) is 30.5 Å². The Morgan fingerprint density at radius 1 is 1.16 bits per heavy atom. The molecule has 0 atom stereocenters. The number of hydrogen-bond donors (Lipinski definition) is 0. The second kappa shape index (κ2) is 4.90. The second-order valence-electron chi connectivity index (χ2n) is 3.40. The highest BCUT2D eigenvalue weighted by Crippen LogP contribution is 2.36. The largest absolute Gasteiger partial charge is 0.422 e. The number of halogens is 6. The maximum atomic E-state index is 12.5. The van der Waals surface area contributed by atoms with Crippen LogP contribution in [0.3, 0.4) is 0 Å². The van der Waals surface area contributed by atoms with Crippen molar-refractivity contribution >= 4 is 5.57 Å². The highest BCUT2D eigenvalue weighted by atomic mass is 19.4. The molecule has 0 heterocycles. The molecule has 0 radical (unpaired) electrons. The summed E-state index contributed by atoms with van der Waals surface area (Å²) in [6, 6.07) is 2.25. The Hall–Kier alpha value is -2.06. The molecule has 0 fully saturated rings. The molecule has 9 heteroatoms. The van der Waals surface area contributed by atoms with Gasteiger partial charge in [0.05, 0.1) is 10.5 Å². The molecule has 0 aliphatic rings. The lowest BCUT2D eigenvalue weighted by atomic mass is 10.0. The van der Waals surface area contributed by atoms with Crippen molar-refractivity contribution in [1.29, 1.82) is 0 Å². The average Bonchev–Trinajstić information content (AvgIpc) is 2.23. The summed E-state index contributed by atoms with van der Waals surface area (Å²) in [4.78, 5) is 8.75. The standard InChI is InChI=1S/C10H5F6NO2/c11-9(12,13)7-3-1-2-6(4-7)8(5-17(18)19)10(14,15)16/h1-5H/b8-5+. The Kier molecular flexibility index (Phi) is 3.87. The van der Waals surface area contributed by atoms with Crippen molar-refractivity contribution in [3.8, 4) is 0 Å². The van der Waals surface area contributed by atoms with Crippen LogP contribution in [-0.4, -0.2) is 11.1 Å². The Balaban J connectivity index is 3.37. The van der Waals surface area contributed by atoms with Gasteiger partial charge in [-0.15, -0.1) is 0 Å². The van der Waals surface area contributed by atoms with E-state index >= 15 is 0 Å². The first-order valence-corrected chi connectivity index (χ1v) is 4.62. The van der Waals surface area contributed by atoms with Crippen molar-refractivity contribution in [2.75, 3.05) is 0 Å². The van der Waals surface area contributed by atoms with E-state index in [1.807, 2.05) is 0 Å². The van der Waals surface area contributed by atoms with Crippen molar-refractivity contribution in [1.82, 2.24) is 0 Å². The summed E-state index contributed by atoms with van der Waals surface area (Å²) < 4.78 is 74.7. The first kappa shape index (κ1) is 15.0. The highest BCUT2D eigenvalue weighted by molar-refractivity contribution is 5.69. The lowest BCUT2D eigenvalue weighted by Gasteiger charge is -2.12. The zero-order valence-corrected chi connectivity index (χ0v) is 8.92. The van der Waals surface area contributed by atoms with Gasteiger partial charge in [0.2, 0.25) is 6.20 Å². The van der Waals surface area contributed by atoms with E-state index in [2.05, 4.69) is 0 Å². The van der Waals surface area contributed by atoms with E-state index in [0.29, 0.717) is 6.07 Å². The summed E-state index contributed by atoms with van der Waals surface area (Å²) in [6.07, 6.45) is -10.3. The third kappa shape index (κ3) is 3.97. The first-order valence-electron chi connectivity index (χ1n) is 4.62. The number of rotatable bonds is 2. The molecule has 1 aromatic carbocycles. The molecule has 3 nitrogen and oxygen atoms in total. The van der Waals surface area contributed by atoms with Crippen molar-refractivity contribution in [3.63, 3.8) is 0 Å². The van der Waals surface area contributed by atoms with Gasteiger partial charge in [-0.3, -0.25) is 10.1 Å². The second-order valence-corrected chi connectivity index (χ2v) is 3.40. The summed E-state index contributed by atoms with van der Waals surface area (Å²) in [6.45, 7) is 0. The number of hydrogen-bond acceptors (Lipinski definition) is 2. The number of allylic oxidation sites excluding steroid dienone is 1. The zero-order chi connectivity index (χ0) is 14.8. The molecule has 0 aliphatic heterocycles. The normalized spacial score (nSPS) is 13.5. The number of alkyl halides is 6. The summed E-state index contributed by atoms with van der Waals surface area (Å²) in [5.41, 5.74) is -3.98. The Labute approximate surface area is 102 Å². The molecule has 0 saturated carbocycles. The van der Waals surface area contributed by atoms with Crippen molar-refractivity contribution in [2.24, 2.45) is 0 Å². The minimum atomic E-state index is -5.13. The number of benzene rings is 1. The third-order valence-electron chi connectivity index (χ3n) is 2.04. The van der Waals surface area contributed by atoms with Crippen LogP contribution in [0.4, 0.5) is 26.3 Å². The molecule has 1 aromatic rings. The van der Waals surface area contributed by atoms with E-state index in [1.165, 1.54) is 0 Å². The topological polar surface area (TPSA) is 43.1 Å². The van der Waals surface area contributed by atoms with E-state index in [9.17, 15) is 36.5 Å². The third-order valence-corrected chi connectivity index (χ3v) is 2.04. The van der Waals surface area contributed by atoms with Crippen LogP contribution < -0.4 is 0 Å². The molecular weight excluding hydrogens is 280 g/mol. The average molecular weight is 285 g/mol. The summed E-state index contributed by atoms with van der Waals surface area (Å²) in [5.74, 6) is 0. The Morgan fingerprint density at radius 3 is 2.16 bits per heavy atom. The van der Waals surface area contributed by atoms with Gasteiger partial charge in [-0.1, -0.05) is 12.1 Å². The minimum Gasteiger partial charge on any atom is -0.259 e. The molecule has 0 unspecified atom stereocenters. The van der Waals surface area contributed by atoms with Gasteiger partial charge in [0, 0.05) is 0 Å². The predicted octanol–water partition coefficient (Wildman–Crippen LogP) is 3.89. The fourth-order valence-electron chi connectivity index (χ4n) is 1.28. The van der Waals surface area contributed by atoms with Gasteiger partial charge >= 0.3 is 12.4 Å². The van der Waals surface area contributed by atoms with Crippen molar-refractivity contribution < 1.29 is 31.3 Å². The quantitative estimate of drug-likeness (QED) is 0.470. The monoisotopic (exact) mass is 285 g/mol. The molecule has 0 aliphatic carbocycles. The van der Waals surface area contributed by atoms with Crippen LogP contribution in [-0.2, 0) is 6.18 Å². The fourth-order valence-corrected chi connectivity index (χ4v) is 1.28. The lowest BCUT2D eigenvalue weighted by molar-refractivity contribution is -0.402. The number of nitro groups is 1. The van der Waals surface area contributed by atoms with Gasteiger partial charge in [0.1, 0.15) is 5.57 Å². The maximum Gasteiger partial charge on any atom is 0.422 e. The van der Waals surface area contributed by atoms with E-state index in [4.69, 9.17) is 0 Å². The SMILES string of the molecule is O=[N+]([O-])/C=C(\c1cccc(C(F)(F)F)c1)C(F)(F)F. The maximum absolute atomic E-state index is 12.5. The molecule has 0 saturated heterocycles.